The van der Waals surface area contributed by atoms with Crippen LogP contribution in [-0.4, -0.2) is 57.1 Å². The van der Waals surface area contributed by atoms with Gasteiger partial charge in [-0.05, 0) is 37.0 Å². The van der Waals surface area contributed by atoms with Crippen LogP contribution >= 0.6 is 24.0 Å². The highest BCUT2D eigenvalue weighted by atomic mass is 127. The zero-order chi connectivity index (χ0) is 19.2. The Balaban J connectivity index is 0.00000676. The van der Waals surface area contributed by atoms with E-state index < -0.39 is 0 Å². The lowest BCUT2D eigenvalue weighted by Crippen LogP contribution is -2.40. The molecule has 0 saturated carbocycles. The van der Waals surface area contributed by atoms with Gasteiger partial charge in [0.2, 0.25) is 5.91 Å². The predicted octanol–water partition coefficient (Wildman–Crippen LogP) is 3.06. The molecule has 1 rings (SSSR count). The maximum absolute atomic E-state index is 11.7. The van der Waals surface area contributed by atoms with Gasteiger partial charge < -0.3 is 20.3 Å². The van der Waals surface area contributed by atoms with E-state index in [0.717, 1.165) is 51.1 Å². The summed E-state index contributed by atoms with van der Waals surface area (Å²) in [5.74, 6) is 1.59. The van der Waals surface area contributed by atoms with Crippen molar-refractivity contribution in [2.24, 2.45) is 4.99 Å². The summed E-state index contributed by atoms with van der Waals surface area (Å²) in [7, 11) is 3.48. The van der Waals surface area contributed by atoms with Crippen molar-refractivity contribution in [1.29, 1.82) is 0 Å². The van der Waals surface area contributed by atoms with Gasteiger partial charge in [0.25, 0.3) is 0 Å². The number of amides is 1. The van der Waals surface area contributed by atoms with Crippen molar-refractivity contribution in [3.8, 4) is 5.75 Å². The summed E-state index contributed by atoms with van der Waals surface area (Å²) in [6.45, 7) is 6.72. The lowest BCUT2D eigenvalue weighted by atomic mass is 10.1. The number of ether oxygens (including phenoxy) is 1. The average molecular weight is 490 g/mol. The first-order valence-corrected chi connectivity index (χ1v) is 9.50. The lowest BCUT2D eigenvalue weighted by molar-refractivity contribution is -0.127. The monoisotopic (exact) mass is 490 g/mol. The standard InChI is InChI=1S/C20H34N4O2.HI/c1-5-7-12-21-20(23-16-19(25)24(3)4)22-13-11-17-9-8-10-18(15-17)26-14-6-2;/h8-10,15H,5-7,11-14,16H2,1-4H3,(H2,21,22,23);1H. The molecule has 0 aliphatic heterocycles. The maximum Gasteiger partial charge on any atom is 0.243 e. The van der Waals surface area contributed by atoms with Gasteiger partial charge in [-0.15, -0.1) is 24.0 Å². The third kappa shape index (κ3) is 11.7. The van der Waals surface area contributed by atoms with E-state index in [0.29, 0.717) is 5.96 Å². The number of guanidine groups is 1. The number of carbonyl (C=O) groups excluding carboxylic acids is 1. The minimum absolute atomic E-state index is 0. The molecular formula is C20H35IN4O2. The van der Waals surface area contributed by atoms with Crippen LogP contribution in [0.5, 0.6) is 5.75 Å². The van der Waals surface area contributed by atoms with Gasteiger partial charge in [-0.1, -0.05) is 32.4 Å². The zero-order valence-corrected chi connectivity index (χ0v) is 19.4. The summed E-state index contributed by atoms with van der Waals surface area (Å²) < 4.78 is 5.68. The molecule has 154 valence electrons. The second kappa shape index (κ2) is 15.5. The normalized spacial score (nSPS) is 10.7. The molecule has 27 heavy (non-hydrogen) atoms. The number of hydrogen-bond acceptors (Lipinski definition) is 3. The Hall–Kier alpha value is -1.51. The van der Waals surface area contributed by atoms with Crippen LogP contribution in [0.2, 0.25) is 0 Å². The van der Waals surface area contributed by atoms with Gasteiger partial charge in [0, 0.05) is 27.2 Å². The number of unbranched alkanes of at least 4 members (excludes halogenated alkanes) is 1. The summed E-state index contributed by atoms with van der Waals surface area (Å²) in [6, 6.07) is 8.18. The maximum atomic E-state index is 11.7. The van der Waals surface area contributed by atoms with E-state index in [-0.39, 0.29) is 36.4 Å². The van der Waals surface area contributed by atoms with Gasteiger partial charge >= 0.3 is 0 Å². The van der Waals surface area contributed by atoms with Crippen molar-refractivity contribution in [3.63, 3.8) is 0 Å². The van der Waals surface area contributed by atoms with E-state index >= 15 is 0 Å². The topological polar surface area (TPSA) is 66.0 Å². The van der Waals surface area contributed by atoms with Gasteiger partial charge in [-0.2, -0.15) is 0 Å². The molecule has 0 spiro atoms. The second-order valence-electron chi connectivity index (χ2n) is 6.41. The first-order chi connectivity index (χ1) is 12.6. The number of hydrogen-bond donors (Lipinski definition) is 2. The minimum Gasteiger partial charge on any atom is -0.494 e. The van der Waals surface area contributed by atoms with Crippen molar-refractivity contribution in [3.05, 3.63) is 29.8 Å². The molecule has 1 aromatic rings. The van der Waals surface area contributed by atoms with Gasteiger partial charge in [0.05, 0.1) is 6.61 Å². The number of likely N-dealkylation sites (N-methyl/N-ethyl adjacent to an activating group) is 1. The molecule has 0 fully saturated rings. The average Bonchev–Trinajstić information content (AvgIpc) is 2.64. The fourth-order valence-electron chi connectivity index (χ4n) is 2.18. The minimum atomic E-state index is -0.0117. The van der Waals surface area contributed by atoms with Crippen LogP contribution in [0.3, 0.4) is 0 Å². The van der Waals surface area contributed by atoms with Gasteiger partial charge in [-0.3, -0.25) is 4.79 Å². The Morgan fingerprint density at radius 2 is 1.89 bits per heavy atom. The first-order valence-electron chi connectivity index (χ1n) is 9.50. The summed E-state index contributed by atoms with van der Waals surface area (Å²) in [4.78, 5) is 17.7. The van der Waals surface area contributed by atoms with E-state index in [9.17, 15) is 4.79 Å². The third-order valence-electron chi connectivity index (χ3n) is 3.77. The number of benzene rings is 1. The fourth-order valence-corrected chi connectivity index (χ4v) is 2.18. The van der Waals surface area contributed by atoms with E-state index in [1.54, 1.807) is 19.0 Å². The molecular weight excluding hydrogens is 455 g/mol. The number of nitrogens with one attached hydrogen (secondary N) is 2. The smallest absolute Gasteiger partial charge is 0.243 e. The molecule has 0 aliphatic carbocycles. The van der Waals surface area contributed by atoms with Crippen LogP contribution < -0.4 is 15.4 Å². The number of aliphatic imine (C=N–C) groups is 1. The molecule has 0 unspecified atom stereocenters. The molecule has 7 heteroatoms. The van der Waals surface area contributed by atoms with E-state index in [2.05, 4.69) is 41.6 Å². The Morgan fingerprint density at radius 3 is 2.56 bits per heavy atom. The lowest BCUT2D eigenvalue weighted by Gasteiger charge is -2.14. The summed E-state index contributed by atoms with van der Waals surface area (Å²) in [5.41, 5.74) is 1.21. The van der Waals surface area contributed by atoms with E-state index in [1.807, 2.05) is 12.1 Å². The van der Waals surface area contributed by atoms with Crippen LogP contribution in [0, 0.1) is 0 Å². The van der Waals surface area contributed by atoms with Crippen molar-refractivity contribution < 1.29 is 9.53 Å². The van der Waals surface area contributed by atoms with Crippen molar-refractivity contribution >= 4 is 35.8 Å². The van der Waals surface area contributed by atoms with Crippen molar-refractivity contribution in [2.75, 3.05) is 40.3 Å². The molecule has 0 atom stereocenters. The van der Waals surface area contributed by atoms with Crippen molar-refractivity contribution in [2.45, 2.75) is 39.5 Å². The van der Waals surface area contributed by atoms with Gasteiger partial charge in [-0.25, -0.2) is 4.99 Å². The highest BCUT2D eigenvalue weighted by Gasteiger charge is 2.04. The molecule has 0 saturated heterocycles. The molecule has 2 N–H and O–H groups in total. The Bertz CT molecular complexity index is 565. The summed E-state index contributed by atoms with van der Waals surface area (Å²) in [5, 5.41) is 6.60. The summed E-state index contributed by atoms with van der Waals surface area (Å²) >= 11 is 0. The Kier molecular flexibility index (Phi) is 14.7. The molecule has 1 aromatic carbocycles. The zero-order valence-electron chi connectivity index (χ0n) is 17.1. The first kappa shape index (κ1) is 25.5. The van der Waals surface area contributed by atoms with Crippen LogP contribution in [0.15, 0.2) is 29.3 Å². The molecule has 0 bridgehead atoms. The Labute approximate surface area is 181 Å². The largest absolute Gasteiger partial charge is 0.494 e. The molecule has 6 nitrogen and oxygen atoms in total. The second-order valence-corrected chi connectivity index (χ2v) is 6.41. The molecule has 1 amide bonds. The third-order valence-corrected chi connectivity index (χ3v) is 3.77. The highest BCUT2D eigenvalue weighted by molar-refractivity contribution is 14.0. The van der Waals surface area contributed by atoms with Crippen LogP contribution in [0.25, 0.3) is 0 Å². The van der Waals surface area contributed by atoms with Crippen LogP contribution in [0.1, 0.15) is 38.7 Å². The van der Waals surface area contributed by atoms with E-state index in [4.69, 9.17) is 4.74 Å². The SMILES string of the molecule is CCCCNC(=NCC(=O)N(C)C)NCCc1cccc(OCCC)c1.I. The molecule has 0 radical (unpaired) electrons. The number of nitrogens with zero attached hydrogens (tertiary/aromatic N) is 2. The summed E-state index contributed by atoms with van der Waals surface area (Å²) in [6.07, 6.45) is 4.04. The predicted molar refractivity (Wildman–Crippen MR) is 123 cm³/mol. The van der Waals surface area contributed by atoms with E-state index in [1.165, 1.54) is 5.56 Å². The fraction of sp³-hybridized carbons (Fsp3) is 0.600. The number of rotatable bonds is 11. The highest BCUT2D eigenvalue weighted by Crippen LogP contribution is 2.13. The van der Waals surface area contributed by atoms with Crippen LogP contribution in [0.4, 0.5) is 0 Å². The number of halogens is 1. The van der Waals surface area contributed by atoms with Crippen LogP contribution in [-0.2, 0) is 11.2 Å². The Morgan fingerprint density at radius 1 is 1.15 bits per heavy atom. The van der Waals surface area contributed by atoms with Gasteiger partial charge in [0.15, 0.2) is 5.96 Å². The molecule has 0 aliphatic rings. The molecule has 0 aromatic heterocycles. The quantitative estimate of drug-likeness (QED) is 0.217. The van der Waals surface area contributed by atoms with Crippen molar-refractivity contribution in [1.82, 2.24) is 15.5 Å². The molecule has 0 heterocycles. The van der Waals surface area contributed by atoms with Gasteiger partial charge in [0.1, 0.15) is 12.3 Å². The number of carbonyl (C=O) groups is 1.